The third kappa shape index (κ3) is 2.20. The summed E-state index contributed by atoms with van der Waals surface area (Å²) in [5.74, 6) is -0.264. The molecule has 2 heterocycles. The number of hydrogen-bond acceptors (Lipinski definition) is 3. The molecule has 0 aromatic carbocycles. The van der Waals surface area contributed by atoms with Gasteiger partial charge < -0.3 is 10.2 Å². The van der Waals surface area contributed by atoms with Crippen molar-refractivity contribution in [3.63, 3.8) is 0 Å². The predicted molar refractivity (Wildman–Crippen MR) is 53.9 cm³/mol. The summed E-state index contributed by atoms with van der Waals surface area (Å²) >= 11 is 0. The number of nitrogens with one attached hydrogen (secondary N) is 1. The molecule has 1 N–H and O–H groups in total. The highest BCUT2D eigenvalue weighted by Gasteiger charge is 2.09. The summed E-state index contributed by atoms with van der Waals surface area (Å²) in [5.41, 5.74) is 0.883. The van der Waals surface area contributed by atoms with E-state index in [2.05, 4.69) is 15.2 Å². The lowest BCUT2D eigenvalue weighted by Crippen LogP contribution is -2.27. The van der Waals surface area contributed by atoms with Gasteiger partial charge in [0.15, 0.2) is 0 Å². The third-order valence-corrected chi connectivity index (χ3v) is 2.40. The van der Waals surface area contributed by atoms with Crippen LogP contribution >= 0.6 is 0 Å². The summed E-state index contributed by atoms with van der Waals surface area (Å²) in [6.07, 6.45) is 4.05. The Morgan fingerprint density at radius 1 is 1.29 bits per heavy atom. The average Bonchev–Trinajstić information content (AvgIpc) is 2.45. The highest BCUT2D eigenvalue weighted by atomic mass is 19.1. The van der Waals surface area contributed by atoms with Crippen LogP contribution in [0, 0.1) is 5.82 Å². The van der Waals surface area contributed by atoms with Gasteiger partial charge in [-0.15, -0.1) is 0 Å². The van der Waals surface area contributed by atoms with E-state index in [-0.39, 0.29) is 5.82 Å². The minimum absolute atomic E-state index is 0.264. The van der Waals surface area contributed by atoms with Crippen LogP contribution in [0.5, 0.6) is 0 Å². The fourth-order valence-electron chi connectivity index (χ4n) is 1.68. The number of pyridine rings is 1. The first-order valence-electron chi connectivity index (χ1n) is 4.92. The molecule has 14 heavy (non-hydrogen) atoms. The minimum Gasteiger partial charge on any atom is -0.369 e. The molecule has 0 amide bonds. The number of anilines is 1. The zero-order chi connectivity index (χ0) is 9.80. The molecule has 76 valence electrons. The molecular formula is C10H14FN3. The van der Waals surface area contributed by atoms with Crippen molar-refractivity contribution in [1.29, 1.82) is 0 Å². The largest absolute Gasteiger partial charge is 0.369 e. The lowest BCUT2D eigenvalue weighted by atomic mass is 10.3. The maximum absolute atomic E-state index is 12.9. The second-order valence-electron chi connectivity index (χ2n) is 3.45. The number of aromatic nitrogens is 1. The van der Waals surface area contributed by atoms with E-state index in [1.54, 1.807) is 12.3 Å². The molecule has 1 aromatic heterocycles. The Hall–Kier alpha value is -1.16. The van der Waals surface area contributed by atoms with Crippen LogP contribution in [0.3, 0.4) is 0 Å². The molecule has 3 nitrogen and oxygen atoms in total. The molecule has 0 saturated carbocycles. The van der Waals surface area contributed by atoms with Crippen LogP contribution in [0.1, 0.15) is 6.42 Å². The van der Waals surface area contributed by atoms with Crippen molar-refractivity contribution in [3.05, 3.63) is 24.3 Å². The van der Waals surface area contributed by atoms with Crippen molar-refractivity contribution < 1.29 is 4.39 Å². The SMILES string of the molecule is Fc1cncc(N2CCCNCC2)c1. The quantitative estimate of drug-likeness (QED) is 0.725. The standard InChI is InChI=1S/C10H14FN3/c11-9-6-10(8-13-7-9)14-4-1-2-12-3-5-14/h6-8,12H,1-5H2. The first-order valence-corrected chi connectivity index (χ1v) is 4.92. The Bertz CT molecular complexity index is 295. The van der Waals surface area contributed by atoms with Crippen LogP contribution in [0.4, 0.5) is 10.1 Å². The molecule has 1 aliphatic rings. The summed E-state index contributed by atoms with van der Waals surface area (Å²) in [7, 11) is 0. The topological polar surface area (TPSA) is 28.2 Å². The van der Waals surface area contributed by atoms with E-state index in [9.17, 15) is 4.39 Å². The molecule has 1 fully saturated rings. The summed E-state index contributed by atoms with van der Waals surface area (Å²) in [4.78, 5) is 6.02. The zero-order valence-corrected chi connectivity index (χ0v) is 8.04. The van der Waals surface area contributed by atoms with E-state index in [4.69, 9.17) is 0 Å². The summed E-state index contributed by atoms with van der Waals surface area (Å²) in [5, 5.41) is 3.31. The van der Waals surface area contributed by atoms with Gasteiger partial charge in [0, 0.05) is 25.7 Å². The Morgan fingerprint density at radius 2 is 2.21 bits per heavy atom. The lowest BCUT2D eigenvalue weighted by Gasteiger charge is -2.21. The highest BCUT2D eigenvalue weighted by Crippen LogP contribution is 2.14. The summed E-state index contributed by atoms with van der Waals surface area (Å²) in [6, 6.07) is 1.54. The van der Waals surface area contributed by atoms with Gasteiger partial charge in [-0.2, -0.15) is 0 Å². The van der Waals surface area contributed by atoms with Gasteiger partial charge >= 0.3 is 0 Å². The molecule has 0 unspecified atom stereocenters. The molecule has 0 bridgehead atoms. The van der Waals surface area contributed by atoms with Crippen molar-refractivity contribution in [1.82, 2.24) is 10.3 Å². The Balaban J connectivity index is 2.12. The lowest BCUT2D eigenvalue weighted by molar-refractivity contribution is 0.620. The van der Waals surface area contributed by atoms with Gasteiger partial charge in [0.25, 0.3) is 0 Å². The normalized spacial score (nSPS) is 17.9. The highest BCUT2D eigenvalue weighted by molar-refractivity contribution is 5.44. The monoisotopic (exact) mass is 195 g/mol. The van der Waals surface area contributed by atoms with Gasteiger partial charge in [0.2, 0.25) is 0 Å². The average molecular weight is 195 g/mol. The van der Waals surface area contributed by atoms with Crippen LogP contribution in [0.15, 0.2) is 18.5 Å². The van der Waals surface area contributed by atoms with Crippen LogP contribution in [-0.4, -0.2) is 31.2 Å². The molecule has 2 rings (SSSR count). The van der Waals surface area contributed by atoms with Gasteiger partial charge in [-0.25, -0.2) is 4.39 Å². The smallest absolute Gasteiger partial charge is 0.143 e. The molecule has 0 spiro atoms. The van der Waals surface area contributed by atoms with E-state index in [0.29, 0.717) is 0 Å². The fourth-order valence-corrected chi connectivity index (χ4v) is 1.68. The third-order valence-electron chi connectivity index (χ3n) is 2.40. The molecular weight excluding hydrogens is 181 g/mol. The van der Waals surface area contributed by atoms with Crippen LogP contribution in [0.2, 0.25) is 0 Å². The van der Waals surface area contributed by atoms with E-state index in [0.717, 1.165) is 38.3 Å². The molecule has 4 heteroatoms. The van der Waals surface area contributed by atoms with E-state index >= 15 is 0 Å². The van der Waals surface area contributed by atoms with Crippen LogP contribution in [-0.2, 0) is 0 Å². The number of hydrogen-bond donors (Lipinski definition) is 1. The van der Waals surface area contributed by atoms with Crippen molar-refractivity contribution in [3.8, 4) is 0 Å². The molecule has 1 saturated heterocycles. The Morgan fingerprint density at radius 3 is 3.07 bits per heavy atom. The van der Waals surface area contributed by atoms with Gasteiger partial charge in [0.05, 0.1) is 18.1 Å². The molecule has 0 aliphatic carbocycles. The first-order chi connectivity index (χ1) is 6.86. The predicted octanol–water partition coefficient (Wildman–Crippen LogP) is 1.02. The molecule has 0 radical (unpaired) electrons. The number of nitrogens with zero attached hydrogens (tertiary/aromatic N) is 2. The molecule has 0 atom stereocenters. The van der Waals surface area contributed by atoms with Crippen LogP contribution in [0.25, 0.3) is 0 Å². The van der Waals surface area contributed by atoms with Crippen LogP contribution < -0.4 is 10.2 Å². The number of halogens is 1. The van der Waals surface area contributed by atoms with Gasteiger partial charge in [-0.05, 0) is 13.0 Å². The second kappa shape index (κ2) is 4.37. The van der Waals surface area contributed by atoms with E-state index in [1.165, 1.54) is 6.20 Å². The molecule has 1 aromatic rings. The first kappa shape index (κ1) is 9.40. The zero-order valence-electron chi connectivity index (χ0n) is 8.04. The minimum atomic E-state index is -0.264. The van der Waals surface area contributed by atoms with Gasteiger partial charge in [-0.3, -0.25) is 4.98 Å². The van der Waals surface area contributed by atoms with Gasteiger partial charge in [-0.1, -0.05) is 0 Å². The van der Waals surface area contributed by atoms with E-state index in [1.807, 2.05) is 0 Å². The van der Waals surface area contributed by atoms with Gasteiger partial charge in [0.1, 0.15) is 5.82 Å². The Kier molecular flexibility index (Phi) is 2.93. The van der Waals surface area contributed by atoms with Crippen molar-refractivity contribution in [2.24, 2.45) is 0 Å². The van der Waals surface area contributed by atoms with Crippen molar-refractivity contribution in [2.45, 2.75) is 6.42 Å². The van der Waals surface area contributed by atoms with E-state index < -0.39 is 0 Å². The summed E-state index contributed by atoms with van der Waals surface area (Å²) in [6.45, 7) is 3.89. The number of rotatable bonds is 1. The maximum atomic E-state index is 12.9. The second-order valence-corrected chi connectivity index (χ2v) is 3.45. The fraction of sp³-hybridized carbons (Fsp3) is 0.500. The molecule has 1 aliphatic heterocycles. The van der Waals surface area contributed by atoms with Crippen molar-refractivity contribution in [2.75, 3.05) is 31.1 Å². The Labute approximate surface area is 82.9 Å². The summed E-state index contributed by atoms with van der Waals surface area (Å²) < 4.78 is 12.9. The maximum Gasteiger partial charge on any atom is 0.143 e. The van der Waals surface area contributed by atoms with Crippen molar-refractivity contribution >= 4 is 5.69 Å².